The van der Waals surface area contributed by atoms with Gasteiger partial charge in [0.05, 0.1) is 11.8 Å². The average Bonchev–Trinajstić information content (AvgIpc) is 2.72. The molecule has 2 unspecified atom stereocenters. The van der Waals surface area contributed by atoms with E-state index in [1.54, 1.807) is 6.92 Å². The molecule has 0 spiro atoms. The van der Waals surface area contributed by atoms with Gasteiger partial charge >= 0.3 is 0 Å². The Morgan fingerprint density at radius 1 is 1.59 bits per heavy atom. The van der Waals surface area contributed by atoms with Gasteiger partial charge in [-0.1, -0.05) is 10.9 Å². The highest BCUT2D eigenvalue weighted by molar-refractivity contribution is 7.07. The monoisotopic (exact) mass is 255 g/mol. The SMILES string of the molecule is Cc1nnsc1C(=O)NCC1CCCC(O)C1. The van der Waals surface area contributed by atoms with Crippen LogP contribution in [-0.2, 0) is 0 Å². The van der Waals surface area contributed by atoms with E-state index >= 15 is 0 Å². The van der Waals surface area contributed by atoms with Crippen LogP contribution in [0, 0.1) is 12.8 Å². The predicted molar refractivity (Wildman–Crippen MR) is 64.9 cm³/mol. The molecule has 0 bridgehead atoms. The molecule has 1 aromatic rings. The van der Waals surface area contributed by atoms with E-state index in [1.807, 2.05) is 0 Å². The van der Waals surface area contributed by atoms with Gasteiger partial charge in [0.2, 0.25) is 0 Å². The van der Waals surface area contributed by atoms with Gasteiger partial charge in [0.15, 0.2) is 0 Å². The lowest BCUT2D eigenvalue weighted by Crippen LogP contribution is -2.32. The summed E-state index contributed by atoms with van der Waals surface area (Å²) >= 11 is 1.12. The smallest absolute Gasteiger partial charge is 0.264 e. The summed E-state index contributed by atoms with van der Waals surface area (Å²) in [7, 11) is 0. The summed E-state index contributed by atoms with van der Waals surface area (Å²) < 4.78 is 3.74. The molecule has 2 atom stereocenters. The van der Waals surface area contributed by atoms with Crippen molar-refractivity contribution in [1.29, 1.82) is 0 Å². The van der Waals surface area contributed by atoms with Crippen LogP contribution in [0.15, 0.2) is 0 Å². The number of carbonyl (C=O) groups is 1. The van der Waals surface area contributed by atoms with Crippen molar-refractivity contribution in [2.75, 3.05) is 6.54 Å². The molecular formula is C11H17N3O2S. The average molecular weight is 255 g/mol. The summed E-state index contributed by atoms with van der Waals surface area (Å²) in [5, 5.41) is 16.3. The van der Waals surface area contributed by atoms with E-state index in [-0.39, 0.29) is 12.0 Å². The molecule has 0 aromatic carbocycles. The highest BCUT2D eigenvalue weighted by Crippen LogP contribution is 2.23. The third-order valence-corrected chi connectivity index (χ3v) is 3.99. The fraction of sp³-hybridized carbons (Fsp3) is 0.727. The van der Waals surface area contributed by atoms with E-state index in [1.165, 1.54) is 0 Å². The third kappa shape index (κ3) is 3.23. The van der Waals surface area contributed by atoms with Crippen LogP contribution in [0.3, 0.4) is 0 Å². The van der Waals surface area contributed by atoms with Crippen LogP contribution in [-0.4, -0.2) is 33.2 Å². The first-order valence-corrected chi connectivity index (χ1v) is 6.69. The Hall–Kier alpha value is -1.01. The number of hydrogen-bond donors (Lipinski definition) is 2. The molecule has 0 aliphatic heterocycles. The van der Waals surface area contributed by atoms with Gasteiger partial charge in [-0.05, 0) is 43.6 Å². The maximum Gasteiger partial charge on any atom is 0.264 e. The first-order valence-electron chi connectivity index (χ1n) is 5.92. The number of amides is 1. The minimum atomic E-state index is -0.197. The number of hydrogen-bond acceptors (Lipinski definition) is 5. The van der Waals surface area contributed by atoms with Gasteiger partial charge in [0.1, 0.15) is 4.88 Å². The molecule has 0 saturated heterocycles. The van der Waals surface area contributed by atoms with Crippen molar-refractivity contribution in [2.45, 2.75) is 38.7 Å². The number of aliphatic hydroxyl groups excluding tert-OH is 1. The molecule has 17 heavy (non-hydrogen) atoms. The van der Waals surface area contributed by atoms with E-state index in [2.05, 4.69) is 14.9 Å². The Morgan fingerprint density at radius 3 is 3.06 bits per heavy atom. The third-order valence-electron chi connectivity index (χ3n) is 3.16. The summed E-state index contributed by atoms with van der Waals surface area (Å²) in [6.45, 7) is 2.41. The second-order valence-electron chi connectivity index (χ2n) is 4.58. The fourth-order valence-corrected chi connectivity index (χ4v) is 2.78. The number of rotatable bonds is 3. The maximum atomic E-state index is 11.8. The van der Waals surface area contributed by atoms with Crippen molar-refractivity contribution in [3.8, 4) is 0 Å². The zero-order valence-electron chi connectivity index (χ0n) is 9.85. The number of aryl methyl sites for hydroxylation is 1. The highest BCUT2D eigenvalue weighted by atomic mass is 32.1. The Kier molecular flexibility index (Phi) is 4.06. The Morgan fingerprint density at radius 2 is 2.41 bits per heavy atom. The van der Waals surface area contributed by atoms with E-state index in [0.717, 1.165) is 37.2 Å². The Labute approximate surface area is 104 Å². The minimum Gasteiger partial charge on any atom is -0.393 e. The van der Waals surface area contributed by atoms with Gasteiger partial charge in [-0.15, -0.1) is 5.10 Å². The molecule has 1 aromatic heterocycles. The van der Waals surface area contributed by atoms with Crippen molar-refractivity contribution in [3.63, 3.8) is 0 Å². The lowest BCUT2D eigenvalue weighted by Gasteiger charge is -2.25. The molecule has 1 aliphatic rings. The molecule has 5 nitrogen and oxygen atoms in total. The van der Waals surface area contributed by atoms with Crippen LogP contribution in [0.4, 0.5) is 0 Å². The van der Waals surface area contributed by atoms with Crippen molar-refractivity contribution in [2.24, 2.45) is 5.92 Å². The van der Waals surface area contributed by atoms with Gasteiger partial charge in [-0.3, -0.25) is 4.79 Å². The van der Waals surface area contributed by atoms with E-state index in [0.29, 0.717) is 23.0 Å². The van der Waals surface area contributed by atoms with E-state index < -0.39 is 0 Å². The molecule has 0 radical (unpaired) electrons. The van der Waals surface area contributed by atoms with Gasteiger partial charge in [-0.25, -0.2) is 0 Å². The van der Waals surface area contributed by atoms with Crippen LogP contribution in [0.25, 0.3) is 0 Å². The lowest BCUT2D eigenvalue weighted by atomic mass is 9.87. The molecular weight excluding hydrogens is 238 g/mol. The highest BCUT2D eigenvalue weighted by Gasteiger charge is 2.21. The number of carbonyl (C=O) groups excluding carboxylic acids is 1. The summed E-state index contributed by atoms with van der Waals surface area (Å²) in [5.41, 5.74) is 0.677. The molecule has 1 aliphatic carbocycles. The Bertz CT molecular complexity index is 394. The minimum absolute atomic E-state index is 0.0995. The summed E-state index contributed by atoms with van der Waals surface area (Å²) in [6.07, 6.45) is 3.61. The van der Waals surface area contributed by atoms with Crippen molar-refractivity contribution in [3.05, 3.63) is 10.6 Å². The van der Waals surface area contributed by atoms with Crippen molar-refractivity contribution < 1.29 is 9.90 Å². The fourth-order valence-electron chi connectivity index (χ4n) is 2.21. The summed E-state index contributed by atoms with van der Waals surface area (Å²) in [6, 6.07) is 0. The predicted octanol–water partition coefficient (Wildman–Crippen LogP) is 1.13. The normalized spacial score (nSPS) is 24.6. The standard InChI is InChI=1S/C11H17N3O2S/c1-7-10(17-14-13-7)11(16)12-6-8-3-2-4-9(15)5-8/h8-9,15H,2-6H2,1H3,(H,12,16). The number of aliphatic hydroxyl groups is 1. The second-order valence-corrected chi connectivity index (χ2v) is 5.34. The molecule has 6 heteroatoms. The van der Waals surface area contributed by atoms with Crippen LogP contribution >= 0.6 is 11.5 Å². The van der Waals surface area contributed by atoms with E-state index in [4.69, 9.17) is 0 Å². The number of nitrogens with zero attached hydrogens (tertiary/aromatic N) is 2. The van der Waals surface area contributed by atoms with E-state index in [9.17, 15) is 9.90 Å². The lowest BCUT2D eigenvalue weighted by molar-refractivity contribution is 0.0876. The molecule has 2 rings (SSSR count). The largest absolute Gasteiger partial charge is 0.393 e. The Balaban J connectivity index is 1.82. The van der Waals surface area contributed by atoms with Gasteiger partial charge in [-0.2, -0.15) is 0 Å². The van der Waals surface area contributed by atoms with Crippen molar-refractivity contribution >= 4 is 17.4 Å². The van der Waals surface area contributed by atoms with Gasteiger partial charge in [0.25, 0.3) is 5.91 Å². The molecule has 2 N–H and O–H groups in total. The van der Waals surface area contributed by atoms with Crippen LogP contribution in [0.1, 0.15) is 41.0 Å². The quantitative estimate of drug-likeness (QED) is 0.849. The second kappa shape index (κ2) is 5.55. The molecule has 1 heterocycles. The van der Waals surface area contributed by atoms with Crippen LogP contribution in [0.5, 0.6) is 0 Å². The van der Waals surface area contributed by atoms with Gasteiger partial charge in [0, 0.05) is 6.54 Å². The molecule has 1 fully saturated rings. The molecule has 1 saturated carbocycles. The van der Waals surface area contributed by atoms with Crippen LogP contribution in [0.2, 0.25) is 0 Å². The zero-order valence-corrected chi connectivity index (χ0v) is 10.7. The maximum absolute atomic E-state index is 11.8. The number of nitrogens with one attached hydrogen (secondary N) is 1. The molecule has 1 amide bonds. The summed E-state index contributed by atoms with van der Waals surface area (Å²) in [4.78, 5) is 12.4. The number of aromatic nitrogens is 2. The summed E-state index contributed by atoms with van der Waals surface area (Å²) in [5.74, 6) is 0.293. The van der Waals surface area contributed by atoms with Crippen LogP contribution < -0.4 is 5.32 Å². The first kappa shape index (κ1) is 12.4. The first-order chi connectivity index (χ1) is 8.16. The molecule has 94 valence electrons. The topological polar surface area (TPSA) is 75.1 Å². The zero-order chi connectivity index (χ0) is 12.3. The van der Waals surface area contributed by atoms with Crippen molar-refractivity contribution in [1.82, 2.24) is 14.9 Å². The van der Waals surface area contributed by atoms with Gasteiger partial charge < -0.3 is 10.4 Å².